The molecule has 1 rings (SSSR count). The molecule has 1 aromatic heterocycles. The Morgan fingerprint density at radius 1 is 1.16 bits per heavy atom. The monoisotopic (exact) mass is 433 g/mol. The number of hydrogen-bond donors (Lipinski definition) is 3. The molecule has 0 spiro atoms. The van der Waals surface area contributed by atoms with Crippen LogP contribution in [0.25, 0.3) is 0 Å². The van der Waals surface area contributed by atoms with Crippen molar-refractivity contribution < 1.29 is 0 Å². The minimum absolute atomic E-state index is 0.183. The first-order valence-corrected chi connectivity index (χ1v) is 11.1. The number of aromatic nitrogens is 1. The summed E-state index contributed by atoms with van der Waals surface area (Å²) in [6.45, 7) is 20.3. The second-order valence-corrected chi connectivity index (χ2v) is 8.36. The van der Waals surface area contributed by atoms with Gasteiger partial charge in [-0.15, -0.1) is 0 Å². The van der Waals surface area contributed by atoms with Gasteiger partial charge in [0.05, 0.1) is 5.70 Å². The highest BCUT2D eigenvalue weighted by Crippen LogP contribution is 2.23. The zero-order valence-electron chi connectivity index (χ0n) is 20.9. The lowest BCUT2D eigenvalue weighted by molar-refractivity contribution is 0.676. The van der Waals surface area contributed by atoms with Gasteiger partial charge in [-0.3, -0.25) is 4.99 Å². The van der Waals surface area contributed by atoms with Crippen LogP contribution in [-0.4, -0.2) is 23.0 Å². The average molecular weight is 434 g/mol. The van der Waals surface area contributed by atoms with Crippen LogP contribution in [0, 0.1) is 18.3 Å². The summed E-state index contributed by atoms with van der Waals surface area (Å²) in [5.41, 5.74) is 6.44. The van der Waals surface area contributed by atoms with Gasteiger partial charge in [0, 0.05) is 35.6 Å². The van der Waals surface area contributed by atoms with Crippen molar-refractivity contribution in [3.05, 3.63) is 83.0 Å². The smallest absolute Gasteiger partial charge is 0.130 e. The van der Waals surface area contributed by atoms with Crippen LogP contribution < -0.4 is 10.6 Å². The van der Waals surface area contributed by atoms with E-state index in [2.05, 4.69) is 54.9 Å². The number of pyridine rings is 1. The normalized spacial score (nSPS) is 14.1. The van der Waals surface area contributed by atoms with Gasteiger partial charge in [-0.05, 0) is 82.4 Å². The van der Waals surface area contributed by atoms with E-state index in [9.17, 15) is 0 Å². The molecule has 1 heterocycles. The number of aryl methyl sites for hydroxylation is 1. The molecule has 0 aliphatic rings. The molecule has 0 aliphatic carbocycles. The fourth-order valence-electron chi connectivity index (χ4n) is 2.90. The molecule has 1 aromatic rings. The summed E-state index contributed by atoms with van der Waals surface area (Å²) in [4.78, 5) is 9.13. The molecule has 0 atom stereocenters. The Kier molecular flexibility index (Phi) is 11.1. The van der Waals surface area contributed by atoms with Crippen LogP contribution in [0.15, 0.2) is 82.3 Å². The molecule has 5 heteroatoms. The van der Waals surface area contributed by atoms with E-state index < -0.39 is 0 Å². The van der Waals surface area contributed by atoms with Gasteiger partial charge in [0.15, 0.2) is 0 Å². The van der Waals surface area contributed by atoms with Crippen molar-refractivity contribution in [3.8, 4) is 0 Å². The van der Waals surface area contributed by atoms with E-state index in [0.717, 1.165) is 45.3 Å². The number of hydrogen-bond acceptors (Lipinski definition) is 5. The van der Waals surface area contributed by atoms with Gasteiger partial charge < -0.3 is 16.0 Å². The second-order valence-electron chi connectivity index (χ2n) is 8.36. The Bertz CT molecular complexity index is 956. The van der Waals surface area contributed by atoms with E-state index in [1.165, 1.54) is 6.21 Å². The molecular weight excluding hydrogens is 394 g/mol. The highest BCUT2D eigenvalue weighted by atomic mass is 15.0. The SMILES string of the molecule is C=C(NC(C)C)/C(C)=C/N=C(C)/C=C\C(=C/C)C(\Nc1cccc(C)n1)=C(\C=N)C(C)C. The van der Waals surface area contributed by atoms with E-state index in [1.54, 1.807) is 0 Å². The molecule has 0 fully saturated rings. The van der Waals surface area contributed by atoms with Gasteiger partial charge in [-0.2, -0.15) is 0 Å². The molecule has 0 amide bonds. The second kappa shape index (κ2) is 13.3. The van der Waals surface area contributed by atoms with Crippen molar-refractivity contribution in [1.29, 1.82) is 5.41 Å². The van der Waals surface area contributed by atoms with Crippen molar-refractivity contribution in [2.45, 2.75) is 61.4 Å². The van der Waals surface area contributed by atoms with Crippen LogP contribution >= 0.6 is 0 Å². The van der Waals surface area contributed by atoms with Crippen LogP contribution in [0.1, 0.15) is 54.2 Å². The topological polar surface area (TPSA) is 73.2 Å². The summed E-state index contributed by atoms with van der Waals surface area (Å²) < 4.78 is 0. The van der Waals surface area contributed by atoms with Crippen molar-refractivity contribution in [1.82, 2.24) is 10.3 Å². The highest BCUT2D eigenvalue weighted by Gasteiger charge is 2.13. The van der Waals surface area contributed by atoms with E-state index in [4.69, 9.17) is 5.41 Å². The van der Waals surface area contributed by atoms with Crippen molar-refractivity contribution in [2.75, 3.05) is 5.32 Å². The van der Waals surface area contributed by atoms with E-state index >= 15 is 0 Å². The Morgan fingerprint density at radius 3 is 2.38 bits per heavy atom. The van der Waals surface area contributed by atoms with Crippen molar-refractivity contribution in [3.63, 3.8) is 0 Å². The van der Waals surface area contributed by atoms with E-state index in [1.807, 2.05) is 70.3 Å². The summed E-state index contributed by atoms with van der Waals surface area (Å²) in [5, 5.41) is 14.7. The first-order chi connectivity index (χ1) is 15.1. The fraction of sp³-hybridized carbons (Fsp3) is 0.370. The predicted molar refractivity (Wildman–Crippen MR) is 140 cm³/mol. The summed E-state index contributed by atoms with van der Waals surface area (Å²) >= 11 is 0. The molecule has 0 aromatic carbocycles. The number of aliphatic imine (C=N–C) groups is 1. The summed E-state index contributed by atoms with van der Waals surface area (Å²) in [7, 11) is 0. The van der Waals surface area contributed by atoms with Crippen LogP contribution in [-0.2, 0) is 0 Å². The Labute approximate surface area is 194 Å². The largest absolute Gasteiger partial charge is 0.383 e. The van der Waals surface area contributed by atoms with Gasteiger partial charge in [0.25, 0.3) is 0 Å². The summed E-state index contributed by atoms with van der Waals surface area (Å²) in [6, 6.07) is 6.20. The van der Waals surface area contributed by atoms with Crippen LogP contribution in [0.3, 0.4) is 0 Å². The van der Waals surface area contributed by atoms with Gasteiger partial charge >= 0.3 is 0 Å². The first kappa shape index (κ1) is 26.8. The van der Waals surface area contributed by atoms with Crippen molar-refractivity contribution >= 4 is 17.7 Å². The number of rotatable bonds is 11. The van der Waals surface area contributed by atoms with Crippen LogP contribution in [0.5, 0.6) is 0 Å². The van der Waals surface area contributed by atoms with Gasteiger partial charge in [0.2, 0.25) is 0 Å². The van der Waals surface area contributed by atoms with Crippen LogP contribution in [0.4, 0.5) is 5.82 Å². The van der Waals surface area contributed by atoms with Gasteiger partial charge in [0.1, 0.15) is 5.82 Å². The average Bonchev–Trinajstić information content (AvgIpc) is 2.71. The summed E-state index contributed by atoms with van der Waals surface area (Å²) in [5.74, 6) is 0.941. The molecule has 5 nitrogen and oxygen atoms in total. The molecule has 0 unspecified atom stereocenters. The highest BCUT2D eigenvalue weighted by molar-refractivity contribution is 5.94. The molecule has 32 heavy (non-hydrogen) atoms. The maximum absolute atomic E-state index is 7.98. The van der Waals surface area contributed by atoms with Gasteiger partial charge in [-0.25, -0.2) is 4.98 Å². The van der Waals surface area contributed by atoms with Crippen LogP contribution in [0.2, 0.25) is 0 Å². The lowest BCUT2D eigenvalue weighted by atomic mass is 9.97. The lowest BCUT2D eigenvalue weighted by Crippen LogP contribution is -2.21. The molecule has 172 valence electrons. The zero-order chi connectivity index (χ0) is 24.3. The third-order valence-electron chi connectivity index (χ3n) is 4.71. The first-order valence-electron chi connectivity index (χ1n) is 11.1. The van der Waals surface area contributed by atoms with Gasteiger partial charge in [-0.1, -0.05) is 38.6 Å². The zero-order valence-corrected chi connectivity index (χ0v) is 20.9. The minimum Gasteiger partial charge on any atom is -0.383 e. The molecule has 3 N–H and O–H groups in total. The molecule has 0 radical (unpaired) electrons. The lowest BCUT2D eigenvalue weighted by Gasteiger charge is -2.18. The number of nitrogens with zero attached hydrogens (tertiary/aromatic N) is 2. The minimum atomic E-state index is 0.183. The number of nitrogens with one attached hydrogen (secondary N) is 3. The maximum atomic E-state index is 7.98. The Hall–Kier alpha value is -3.21. The fourth-order valence-corrected chi connectivity index (χ4v) is 2.90. The maximum Gasteiger partial charge on any atom is 0.130 e. The van der Waals surface area contributed by atoms with E-state index in [0.29, 0.717) is 6.04 Å². The molecule has 0 aliphatic heterocycles. The van der Waals surface area contributed by atoms with E-state index in [-0.39, 0.29) is 5.92 Å². The molecular formula is C27H39N5. The molecule has 0 saturated heterocycles. The molecule has 0 bridgehead atoms. The number of anilines is 1. The predicted octanol–water partition coefficient (Wildman–Crippen LogP) is 6.74. The van der Waals surface area contributed by atoms with Crippen molar-refractivity contribution in [2.24, 2.45) is 10.9 Å². The summed E-state index contributed by atoms with van der Waals surface area (Å²) in [6.07, 6.45) is 9.28. The number of allylic oxidation sites excluding steroid dienone is 5. The third-order valence-corrected chi connectivity index (χ3v) is 4.71. The molecule has 0 saturated carbocycles. The standard InChI is InChI=1S/C27H39N5/c1-10-24(15-14-21(7)29-17-20(6)23(9)30-19(4)5)27(25(16-28)18(2)3)32-26-13-11-12-22(8)31-26/h10-19,28,30H,9H2,1-8H3,(H,31,32)/b15-14-,20-17+,24-10+,27-25+,28-16?,29-21+. The Morgan fingerprint density at radius 2 is 1.84 bits per heavy atom. The third kappa shape index (κ3) is 8.88. The Balaban J connectivity index is 3.23. The quantitative estimate of drug-likeness (QED) is 0.267.